The highest BCUT2D eigenvalue weighted by atomic mass is 35.5. The Labute approximate surface area is 132 Å². The molecule has 1 aromatic carbocycles. The highest BCUT2D eigenvalue weighted by molar-refractivity contribution is 5.85. The maximum absolute atomic E-state index is 12.0. The van der Waals surface area contributed by atoms with E-state index in [0.717, 1.165) is 30.8 Å². The van der Waals surface area contributed by atoms with Crippen LogP contribution in [0.2, 0.25) is 0 Å². The van der Waals surface area contributed by atoms with E-state index in [1.54, 1.807) is 7.11 Å². The SMILES string of the molecule is COCCC1(CNC(=O)Cc2ccc(N)cc2)CCC1.Cl. The van der Waals surface area contributed by atoms with Gasteiger partial charge in [0.1, 0.15) is 0 Å². The van der Waals surface area contributed by atoms with Crippen molar-refractivity contribution < 1.29 is 9.53 Å². The van der Waals surface area contributed by atoms with Gasteiger partial charge in [-0.05, 0) is 42.4 Å². The van der Waals surface area contributed by atoms with Crippen LogP contribution in [0.15, 0.2) is 24.3 Å². The van der Waals surface area contributed by atoms with Gasteiger partial charge in [0.2, 0.25) is 5.91 Å². The smallest absolute Gasteiger partial charge is 0.224 e. The fourth-order valence-corrected chi connectivity index (χ4v) is 2.68. The second-order valence-corrected chi connectivity index (χ2v) is 5.79. The number of nitrogen functional groups attached to an aromatic ring is 1. The summed E-state index contributed by atoms with van der Waals surface area (Å²) in [6, 6.07) is 7.46. The summed E-state index contributed by atoms with van der Waals surface area (Å²) < 4.78 is 5.16. The van der Waals surface area contributed by atoms with Crippen molar-refractivity contribution in [2.24, 2.45) is 5.41 Å². The molecule has 2 rings (SSSR count). The van der Waals surface area contributed by atoms with Crippen molar-refractivity contribution in [3.8, 4) is 0 Å². The molecule has 0 aliphatic heterocycles. The van der Waals surface area contributed by atoms with Gasteiger partial charge < -0.3 is 15.8 Å². The normalized spacial score (nSPS) is 15.7. The third kappa shape index (κ3) is 5.21. The van der Waals surface area contributed by atoms with E-state index in [2.05, 4.69) is 5.32 Å². The number of amides is 1. The van der Waals surface area contributed by atoms with Gasteiger partial charge in [0, 0.05) is 25.9 Å². The van der Waals surface area contributed by atoms with Crippen molar-refractivity contribution in [2.75, 3.05) is 26.0 Å². The molecule has 0 bridgehead atoms. The zero-order chi connectivity index (χ0) is 14.4. The molecule has 0 saturated heterocycles. The molecule has 1 fully saturated rings. The Bertz CT molecular complexity index is 444. The topological polar surface area (TPSA) is 64.3 Å². The number of carbonyl (C=O) groups excluding carboxylic acids is 1. The maximum Gasteiger partial charge on any atom is 0.224 e. The fourth-order valence-electron chi connectivity index (χ4n) is 2.68. The molecule has 1 amide bonds. The summed E-state index contributed by atoms with van der Waals surface area (Å²) in [7, 11) is 1.73. The number of anilines is 1. The van der Waals surface area contributed by atoms with Crippen LogP contribution in [0.5, 0.6) is 0 Å². The quantitative estimate of drug-likeness (QED) is 0.761. The van der Waals surface area contributed by atoms with Gasteiger partial charge in [-0.2, -0.15) is 0 Å². The third-order valence-corrected chi connectivity index (χ3v) is 4.26. The first-order valence-electron chi connectivity index (χ1n) is 7.24. The van der Waals surface area contributed by atoms with E-state index in [1.165, 1.54) is 19.3 Å². The number of hydrogen-bond acceptors (Lipinski definition) is 3. The lowest BCUT2D eigenvalue weighted by Crippen LogP contribution is -2.43. The van der Waals surface area contributed by atoms with Crippen molar-refractivity contribution in [3.63, 3.8) is 0 Å². The summed E-state index contributed by atoms with van der Waals surface area (Å²) in [5, 5.41) is 3.07. The van der Waals surface area contributed by atoms with Crippen LogP contribution >= 0.6 is 12.4 Å². The molecule has 1 saturated carbocycles. The number of nitrogens with two attached hydrogens (primary N) is 1. The Morgan fingerprint density at radius 1 is 1.33 bits per heavy atom. The van der Waals surface area contributed by atoms with Gasteiger partial charge in [0.15, 0.2) is 0 Å². The van der Waals surface area contributed by atoms with Gasteiger partial charge >= 0.3 is 0 Å². The van der Waals surface area contributed by atoms with Gasteiger partial charge in [0.25, 0.3) is 0 Å². The van der Waals surface area contributed by atoms with Crippen LogP contribution in [0, 0.1) is 5.41 Å². The molecule has 1 aromatic rings. The predicted molar refractivity (Wildman–Crippen MR) is 87.6 cm³/mol. The van der Waals surface area contributed by atoms with E-state index < -0.39 is 0 Å². The Balaban J connectivity index is 0.00000220. The molecule has 5 heteroatoms. The Morgan fingerprint density at radius 3 is 2.52 bits per heavy atom. The lowest BCUT2D eigenvalue weighted by molar-refractivity contribution is -0.121. The molecule has 21 heavy (non-hydrogen) atoms. The van der Waals surface area contributed by atoms with Crippen molar-refractivity contribution in [1.29, 1.82) is 0 Å². The average molecular weight is 313 g/mol. The molecule has 1 aliphatic carbocycles. The zero-order valence-electron chi connectivity index (χ0n) is 12.6. The molecular formula is C16H25ClN2O2. The standard InChI is InChI=1S/C16H24N2O2.ClH/c1-20-10-9-16(7-2-8-16)12-18-15(19)11-13-3-5-14(17)6-4-13;/h3-6H,2,7-12,17H2,1H3,(H,18,19);1H. The van der Waals surface area contributed by atoms with Gasteiger partial charge in [-0.3, -0.25) is 4.79 Å². The van der Waals surface area contributed by atoms with E-state index in [0.29, 0.717) is 6.42 Å². The zero-order valence-corrected chi connectivity index (χ0v) is 13.4. The minimum absolute atomic E-state index is 0. The maximum atomic E-state index is 12.0. The number of ether oxygens (including phenoxy) is 1. The summed E-state index contributed by atoms with van der Waals surface area (Å²) >= 11 is 0. The minimum Gasteiger partial charge on any atom is -0.399 e. The highest BCUT2D eigenvalue weighted by Gasteiger charge is 2.36. The third-order valence-electron chi connectivity index (χ3n) is 4.26. The second-order valence-electron chi connectivity index (χ2n) is 5.79. The summed E-state index contributed by atoms with van der Waals surface area (Å²) in [6.45, 7) is 1.54. The van der Waals surface area contributed by atoms with Gasteiger partial charge in [0.05, 0.1) is 6.42 Å². The molecule has 0 spiro atoms. The summed E-state index contributed by atoms with van der Waals surface area (Å²) in [5.74, 6) is 0.0819. The Hall–Kier alpha value is -1.26. The van der Waals surface area contributed by atoms with Crippen molar-refractivity contribution in [2.45, 2.75) is 32.1 Å². The molecule has 1 aliphatic rings. The molecule has 4 nitrogen and oxygen atoms in total. The van der Waals surface area contributed by atoms with Crippen LogP contribution in [0.4, 0.5) is 5.69 Å². The Morgan fingerprint density at radius 2 is 2.00 bits per heavy atom. The number of nitrogens with one attached hydrogen (secondary N) is 1. The first kappa shape index (κ1) is 17.8. The van der Waals surface area contributed by atoms with Crippen molar-refractivity contribution >= 4 is 24.0 Å². The van der Waals surface area contributed by atoms with Crippen LogP contribution in [0.3, 0.4) is 0 Å². The number of halogens is 1. The molecule has 0 radical (unpaired) electrons. The first-order chi connectivity index (χ1) is 9.63. The van der Waals surface area contributed by atoms with E-state index in [1.807, 2.05) is 24.3 Å². The number of benzene rings is 1. The second kappa shape index (κ2) is 8.25. The number of methoxy groups -OCH3 is 1. The fraction of sp³-hybridized carbons (Fsp3) is 0.562. The minimum atomic E-state index is 0. The molecule has 118 valence electrons. The molecular weight excluding hydrogens is 288 g/mol. The predicted octanol–water partition coefficient (Wildman–Crippen LogP) is 2.56. The first-order valence-corrected chi connectivity index (χ1v) is 7.24. The van der Waals surface area contributed by atoms with E-state index >= 15 is 0 Å². The van der Waals surface area contributed by atoms with Crippen molar-refractivity contribution in [3.05, 3.63) is 29.8 Å². The van der Waals surface area contributed by atoms with Crippen LogP contribution in [-0.4, -0.2) is 26.2 Å². The monoisotopic (exact) mass is 312 g/mol. The van der Waals surface area contributed by atoms with Gasteiger partial charge in [-0.1, -0.05) is 18.6 Å². The lowest BCUT2D eigenvalue weighted by atomic mass is 9.66. The largest absolute Gasteiger partial charge is 0.399 e. The lowest BCUT2D eigenvalue weighted by Gasteiger charge is -2.42. The molecule has 0 aromatic heterocycles. The Kier molecular flexibility index (Phi) is 6.99. The summed E-state index contributed by atoms with van der Waals surface area (Å²) in [4.78, 5) is 12.0. The van der Waals surface area contributed by atoms with E-state index in [-0.39, 0.29) is 23.7 Å². The van der Waals surface area contributed by atoms with Crippen LogP contribution in [0.25, 0.3) is 0 Å². The van der Waals surface area contributed by atoms with Crippen LogP contribution in [0.1, 0.15) is 31.2 Å². The van der Waals surface area contributed by atoms with Gasteiger partial charge in [-0.25, -0.2) is 0 Å². The van der Waals surface area contributed by atoms with Crippen LogP contribution < -0.4 is 11.1 Å². The van der Waals surface area contributed by atoms with Crippen LogP contribution in [-0.2, 0) is 16.0 Å². The molecule has 0 heterocycles. The van der Waals surface area contributed by atoms with E-state index in [9.17, 15) is 4.79 Å². The van der Waals surface area contributed by atoms with Gasteiger partial charge in [-0.15, -0.1) is 12.4 Å². The summed E-state index contributed by atoms with van der Waals surface area (Å²) in [6.07, 6.45) is 5.10. The van der Waals surface area contributed by atoms with Crippen molar-refractivity contribution in [1.82, 2.24) is 5.32 Å². The number of carbonyl (C=O) groups is 1. The molecule has 0 unspecified atom stereocenters. The van der Waals surface area contributed by atoms with E-state index in [4.69, 9.17) is 10.5 Å². The summed E-state index contributed by atoms with van der Waals surface area (Å²) in [5.41, 5.74) is 7.62. The molecule has 0 atom stereocenters. The average Bonchev–Trinajstić information content (AvgIpc) is 2.40. The molecule has 3 N–H and O–H groups in total. The number of rotatable bonds is 7. The highest BCUT2D eigenvalue weighted by Crippen LogP contribution is 2.43. The number of hydrogen-bond donors (Lipinski definition) is 2.